The molecule has 1 fully saturated rings. The van der Waals surface area contributed by atoms with Gasteiger partial charge in [0.1, 0.15) is 0 Å². The number of halogens is 3. The van der Waals surface area contributed by atoms with Crippen LogP contribution in [0.5, 0.6) is 0 Å². The fourth-order valence-corrected chi connectivity index (χ4v) is 4.85. The van der Waals surface area contributed by atoms with Crippen LogP contribution in [0.3, 0.4) is 0 Å². The summed E-state index contributed by atoms with van der Waals surface area (Å²) < 4.78 is 45.4. The normalized spacial score (nSPS) is 19.6. The van der Waals surface area contributed by atoms with Gasteiger partial charge >= 0.3 is 6.18 Å². The number of alkyl halides is 3. The highest BCUT2D eigenvalue weighted by atomic mass is 19.4. The van der Waals surface area contributed by atoms with E-state index in [1.165, 1.54) is 12.3 Å². The van der Waals surface area contributed by atoms with Crippen molar-refractivity contribution in [3.05, 3.63) is 83.6 Å². The summed E-state index contributed by atoms with van der Waals surface area (Å²) in [5.74, 6) is -1.01. The van der Waals surface area contributed by atoms with Crippen LogP contribution in [0.25, 0.3) is 0 Å². The number of carbonyl (C=O) groups is 2. The van der Waals surface area contributed by atoms with Crippen LogP contribution in [0.1, 0.15) is 27.4 Å². The zero-order valence-electron chi connectivity index (χ0n) is 18.7. The van der Waals surface area contributed by atoms with Crippen LogP contribution in [0, 0.1) is 5.92 Å². The fraction of sp³-hybridized carbons (Fsp3) is 0.320. The van der Waals surface area contributed by atoms with Crippen molar-refractivity contribution in [2.75, 3.05) is 24.5 Å². The van der Waals surface area contributed by atoms with E-state index in [4.69, 9.17) is 4.42 Å². The lowest BCUT2D eigenvalue weighted by atomic mass is 9.82. The Hall–Kier alpha value is -3.82. The second kappa shape index (κ2) is 9.09. The van der Waals surface area contributed by atoms with Crippen molar-refractivity contribution >= 4 is 17.5 Å². The smallest absolute Gasteiger partial charge is 0.416 e. The van der Waals surface area contributed by atoms with Gasteiger partial charge in [-0.2, -0.15) is 13.2 Å². The third-order valence-corrected chi connectivity index (χ3v) is 6.56. The summed E-state index contributed by atoms with van der Waals surface area (Å²) in [6.45, 7) is 1.20. The first kappa shape index (κ1) is 22.9. The van der Waals surface area contributed by atoms with Crippen LogP contribution in [-0.4, -0.2) is 47.4 Å². The zero-order chi connectivity index (χ0) is 24.6. The Morgan fingerprint density at radius 3 is 2.69 bits per heavy atom. The highest BCUT2D eigenvalue weighted by Crippen LogP contribution is 2.40. The monoisotopic (exact) mass is 484 g/mol. The van der Waals surface area contributed by atoms with E-state index in [1.807, 2.05) is 11.0 Å². The number of furan rings is 1. The van der Waals surface area contributed by atoms with Crippen molar-refractivity contribution in [2.45, 2.75) is 25.2 Å². The van der Waals surface area contributed by atoms with Gasteiger partial charge in [0, 0.05) is 31.5 Å². The number of nitrogens with zero attached hydrogens (tertiary/aromatic N) is 3. The second-order valence-electron chi connectivity index (χ2n) is 8.68. The summed E-state index contributed by atoms with van der Waals surface area (Å²) in [6, 6.07) is 11.8. The van der Waals surface area contributed by atoms with Crippen molar-refractivity contribution in [1.29, 1.82) is 0 Å². The molecule has 7 nitrogen and oxygen atoms in total. The molecule has 0 spiro atoms. The van der Waals surface area contributed by atoms with Crippen LogP contribution >= 0.6 is 0 Å². The maximum absolute atomic E-state index is 13.4. The lowest BCUT2D eigenvalue weighted by molar-refractivity contribution is -0.137. The molecule has 2 aliphatic heterocycles. The van der Waals surface area contributed by atoms with E-state index < -0.39 is 23.7 Å². The number of pyridine rings is 1. The van der Waals surface area contributed by atoms with Gasteiger partial charge in [-0.15, -0.1) is 0 Å². The molecule has 4 heterocycles. The molecule has 5 rings (SSSR count). The second-order valence-corrected chi connectivity index (χ2v) is 8.68. The van der Waals surface area contributed by atoms with E-state index in [0.29, 0.717) is 30.0 Å². The van der Waals surface area contributed by atoms with Crippen molar-refractivity contribution in [1.82, 2.24) is 15.2 Å². The SMILES string of the molecule is O=C(NCc1ccccn1)C1Cc2cc(C(F)(F)F)ccc2N2CCN(C(=O)c3ccco3)CC12. The number of hydrogen-bond donors (Lipinski definition) is 1. The predicted molar refractivity (Wildman–Crippen MR) is 120 cm³/mol. The number of anilines is 1. The molecule has 1 aromatic carbocycles. The molecule has 10 heteroatoms. The van der Waals surface area contributed by atoms with Crippen molar-refractivity contribution < 1.29 is 27.2 Å². The van der Waals surface area contributed by atoms with Crippen LogP contribution in [0.4, 0.5) is 18.9 Å². The molecule has 0 saturated carbocycles. The zero-order valence-corrected chi connectivity index (χ0v) is 18.7. The molecule has 182 valence electrons. The standard InChI is InChI=1S/C25H23F3N4O3/c26-25(27,28)17-6-7-20-16(12-17)13-19(23(33)30-14-18-4-1-2-8-29-18)21-15-31(9-10-32(20)21)24(34)22-5-3-11-35-22/h1-8,11-12,19,21H,9-10,13-15H2,(H,30,33). The molecule has 2 aliphatic rings. The molecule has 2 atom stereocenters. The quantitative estimate of drug-likeness (QED) is 0.613. The molecule has 2 aromatic heterocycles. The first-order valence-corrected chi connectivity index (χ1v) is 11.3. The predicted octanol–water partition coefficient (Wildman–Crippen LogP) is 3.51. The minimum Gasteiger partial charge on any atom is -0.459 e. The van der Waals surface area contributed by atoms with Gasteiger partial charge in [-0.05, 0) is 54.4 Å². The maximum atomic E-state index is 13.4. The highest BCUT2D eigenvalue weighted by molar-refractivity contribution is 5.92. The summed E-state index contributed by atoms with van der Waals surface area (Å²) in [4.78, 5) is 34.0. The highest BCUT2D eigenvalue weighted by Gasteiger charge is 2.43. The number of piperazine rings is 1. The molecule has 2 unspecified atom stereocenters. The van der Waals surface area contributed by atoms with Crippen LogP contribution in [0.2, 0.25) is 0 Å². The number of carbonyl (C=O) groups excluding carboxylic acids is 2. The Bertz CT molecular complexity index is 1210. The van der Waals surface area contributed by atoms with Crippen molar-refractivity contribution in [2.24, 2.45) is 5.92 Å². The molecular weight excluding hydrogens is 461 g/mol. The molecule has 0 bridgehead atoms. The molecule has 0 radical (unpaired) electrons. The minimum absolute atomic E-state index is 0.136. The van der Waals surface area contributed by atoms with E-state index in [1.54, 1.807) is 35.4 Å². The largest absolute Gasteiger partial charge is 0.459 e. The number of hydrogen-bond acceptors (Lipinski definition) is 5. The van der Waals surface area contributed by atoms with E-state index in [-0.39, 0.29) is 37.1 Å². The molecule has 1 saturated heterocycles. The molecule has 2 amide bonds. The molecule has 1 N–H and O–H groups in total. The van der Waals surface area contributed by atoms with Gasteiger partial charge in [0.2, 0.25) is 5.91 Å². The first-order valence-electron chi connectivity index (χ1n) is 11.3. The number of amides is 2. The average Bonchev–Trinajstić information content (AvgIpc) is 3.41. The number of rotatable bonds is 4. The summed E-state index contributed by atoms with van der Waals surface area (Å²) in [5, 5.41) is 2.88. The summed E-state index contributed by atoms with van der Waals surface area (Å²) in [6.07, 6.45) is -1.29. The first-order chi connectivity index (χ1) is 16.8. The summed E-state index contributed by atoms with van der Waals surface area (Å²) in [5.41, 5.74) is 1.07. The van der Waals surface area contributed by atoms with E-state index >= 15 is 0 Å². The number of aromatic nitrogens is 1. The molecular formula is C25H23F3N4O3. The van der Waals surface area contributed by atoms with Gasteiger partial charge in [-0.3, -0.25) is 14.6 Å². The fourth-order valence-electron chi connectivity index (χ4n) is 4.85. The third kappa shape index (κ3) is 4.60. The number of fused-ring (bicyclic) bond motifs is 3. The summed E-state index contributed by atoms with van der Waals surface area (Å²) >= 11 is 0. The van der Waals surface area contributed by atoms with Gasteiger partial charge < -0.3 is 19.5 Å². The Morgan fingerprint density at radius 1 is 1.11 bits per heavy atom. The van der Waals surface area contributed by atoms with Crippen LogP contribution in [-0.2, 0) is 23.9 Å². The van der Waals surface area contributed by atoms with Gasteiger partial charge in [-0.1, -0.05) is 6.07 Å². The average molecular weight is 484 g/mol. The Balaban J connectivity index is 1.43. The van der Waals surface area contributed by atoms with E-state index in [0.717, 1.165) is 12.1 Å². The summed E-state index contributed by atoms with van der Waals surface area (Å²) in [7, 11) is 0. The van der Waals surface area contributed by atoms with Gasteiger partial charge in [0.15, 0.2) is 5.76 Å². The Labute approximate surface area is 199 Å². The molecule has 3 aromatic rings. The van der Waals surface area contributed by atoms with Gasteiger partial charge in [-0.25, -0.2) is 0 Å². The maximum Gasteiger partial charge on any atom is 0.416 e. The van der Waals surface area contributed by atoms with Crippen LogP contribution in [0.15, 0.2) is 65.4 Å². The Kier molecular flexibility index (Phi) is 5.96. The lowest BCUT2D eigenvalue weighted by Crippen LogP contribution is -2.62. The topological polar surface area (TPSA) is 78.7 Å². The molecule has 35 heavy (non-hydrogen) atoms. The number of benzene rings is 1. The molecule has 0 aliphatic carbocycles. The number of nitrogens with one attached hydrogen (secondary N) is 1. The van der Waals surface area contributed by atoms with Gasteiger partial charge in [0.25, 0.3) is 5.91 Å². The third-order valence-electron chi connectivity index (χ3n) is 6.56. The van der Waals surface area contributed by atoms with Gasteiger partial charge in [0.05, 0.1) is 36.0 Å². The van der Waals surface area contributed by atoms with Crippen molar-refractivity contribution in [3.63, 3.8) is 0 Å². The van der Waals surface area contributed by atoms with Crippen molar-refractivity contribution in [3.8, 4) is 0 Å². The lowest BCUT2D eigenvalue weighted by Gasteiger charge is -2.49. The van der Waals surface area contributed by atoms with E-state index in [2.05, 4.69) is 10.3 Å². The van der Waals surface area contributed by atoms with E-state index in [9.17, 15) is 22.8 Å². The minimum atomic E-state index is -4.48. The van der Waals surface area contributed by atoms with Crippen LogP contribution < -0.4 is 10.2 Å². The Morgan fingerprint density at radius 2 is 1.97 bits per heavy atom.